The third kappa shape index (κ3) is 1.89. The summed E-state index contributed by atoms with van der Waals surface area (Å²) in [5, 5.41) is 6.72. The standard InChI is InChI=1S/C23H23N3O2/c1-3-25-12(2)18(13-6-4-5-7-19(13)25)11-24-26-22(27)20-14-8-9-15(17-10-16(14)17)21(20)23(26)28/h4-9,11,14-17,20-21H,3,10H2,1-2H3/b24-11+. The van der Waals surface area contributed by atoms with Crippen molar-refractivity contribution in [2.45, 2.75) is 26.8 Å². The molecule has 6 unspecified atom stereocenters. The van der Waals surface area contributed by atoms with Gasteiger partial charge in [-0.2, -0.15) is 10.1 Å². The minimum Gasteiger partial charge on any atom is -0.344 e. The van der Waals surface area contributed by atoms with E-state index in [9.17, 15) is 9.59 Å². The largest absolute Gasteiger partial charge is 0.344 e. The molecule has 2 heterocycles. The number of hydrogen-bond donors (Lipinski definition) is 0. The van der Waals surface area contributed by atoms with Crippen molar-refractivity contribution >= 4 is 28.9 Å². The number of nitrogens with zero attached hydrogens (tertiary/aromatic N) is 3. The van der Waals surface area contributed by atoms with E-state index in [0.29, 0.717) is 11.8 Å². The van der Waals surface area contributed by atoms with Gasteiger partial charge in [0, 0.05) is 28.7 Å². The van der Waals surface area contributed by atoms with Crippen molar-refractivity contribution in [3.8, 4) is 0 Å². The van der Waals surface area contributed by atoms with Gasteiger partial charge >= 0.3 is 0 Å². The maximum Gasteiger partial charge on any atom is 0.254 e. The highest BCUT2D eigenvalue weighted by Crippen LogP contribution is 2.65. The number of hydrogen-bond acceptors (Lipinski definition) is 3. The molecule has 2 aromatic rings. The lowest BCUT2D eigenvalue weighted by Crippen LogP contribution is -2.40. The predicted octanol–water partition coefficient (Wildman–Crippen LogP) is 3.36. The Morgan fingerprint density at radius 1 is 1.07 bits per heavy atom. The third-order valence-corrected chi connectivity index (χ3v) is 7.54. The average molecular weight is 373 g/mol. The van der Waals surface area contributed by atoms with Crippen LogP contribution in [0.25, 0.3) is 10.9 Å². The molecular weight excluding hydrogens is 350 g/mol. The van der Waals surface area contributed by atoms with E-state index in [4.69, 9.17) is 0 Å². The number of carbonyl (C=O) groups excluding carboxylic acids is 2. The summed E-state index contributed by atoms with van der Waals surface area (Å²) in [4.78, 5) is 26.2. The molecule has 1 aromatic carbocycles. The van der Waals surface area contributed by atoms with E-state index >= 15 is 0 Å². The zero-order valence-corrected chi connectivity index (χ0v) is 16.1. The molecule has 5 aliphatic rings. The highest BCUT2D eigenvalue weighted by molar-refractivity contribution is 6.08. The molecule has 0 spiro atoms. The molecule has 0 radical (unpaired) electrons. The van der Waals surface area contributed by atoms with E-state index in [0.717, 1.165) is 28.7 Å². The highest BCUT2D eigenvalue weighted by Gasteiger charge is 2.67. The van der Waals surface area contributed by atoms with Crippen molar-refractivity contribution in [3.63, 3.8) is 0 Å². The summed E-state index contributed by atoms with van der Waals surface area (Å²) in [5.74, 6) is 1.10. The number of fused-ring (bicyclic) bond motifs is 1. The van der Waals surface area contributed by atoms with Crippen LogP contribution in [-0.4, -0.2) is 27.6 Å². The Labute approximate surface area is 163 Å². The predicted molar refractivity (Wildman–Crippen MR) is 106 cm³/mol. The van der Waals surface area contributed by atoms with Crippen LogP contribution in [0.3, 0.4) is 0 Å². The van der Waals surface area contributed by atoms with Crippen molar-refractivity contribution < 1.29 is 9.59 Å². The summed E-state index contributed by atoms with van der Waals surface area (Å²) >= 11 is 0. The minimum atomic E-state index is -0.193. The summed E-state index contributed by atoms with van der Waals surface area (Å²) in [6, 6.07) is 8.21. The molecule has 2 amide bonds. The SMILES string of the molecule is CCn1c(C)c(/C=N/N2C(=O)C3C4C=CC(C5CC45)C3C2=O)c2ccccc21. The fraction of sp³-hybridized carbons (Fsp3) is 0.435. The zero-order chi connectivity index (χ0) is 19.2. The molecule has 28 heavy (non-hydrogen) atoms. The molecule has 142 valence electrons. The first-order chi connectivity index (χ1) is 13.6. The lowest BCUT2D eigenvalue weighted by Gasteiger charge is -2.37. The number of hydrazone groups is 1. The number of carbonyl (C=O) groups is 2. The smallest absolute Gasteiger partial charge is 0.254 e. The number of imide groups is 1. The van der Waals surface area contributed by atoms with Crippen LogP contribution in [-0.2, 0) is 16.1 Å². The number of aromatic nitrogens is 1. The van der Waals surface area contributed by atoms with Gasteiger partial charge in [-0.3, -0.25) is 9.59 Å². The van der Waals surface area contributed by atoms with Gasteiger partial charge < -0.3 is 4.57 Å². The Kier molecular flexibility index (Phi) is 3.16. The van der Waals surface area contributed by atoms with Gasteiger partial charge in [0.15, 0.2) is 0 Å². The molecule has 2 bridgehead atoms. The summed E-state index contributed by atoms with van der Waals surface area (Å²) in [7, 11) is 0. The highest BCUT2D eigenvalue weighted by atomic mass is 16.2. The van der Waals surface area contributed by atoms with E-state index in [2.05, 4.69) is 47.8 Å². The maximum atomic E-state index is 13.1. The van der Waals surface area contributed by atoms with Crippen LogP contribution in [0.2, 0.25) is 0 Å². The van der Waals surface area contributed by atoms with Gasteiger partial charge in [0.25, 0.3) is 11.8 Å². The van der Waals surface area contributed by atoms with Crippen molar-refractivity contribution in [3.05, 3.63) is 47.7 Å². The van der Waals surface area contributed by atoms with E-state index < -0.39 is 0 Å². The minimum absolute atomic E-state index is 0.104. The molecule has 3 fully saturated rings. The summed E-state index contributed by atoms with van der Waals surface area (Å²) in [5.41, 5.74) is 3.24. The molecule has 4 aliphatic carbocycles. The van der Waals surface area contributed by atoms with Gasteiger partial charge in [0.1, 0.15) is 0 Å². The quantitative estimate of drug-likeness (QED) is 0.471. The van der Waals surface area contributed by atoms with Crippen molar-refractivity contribution in [1.29, 1.82) is 0 Å². The second kappa shape index (κ2) is 5.43. The van der Waals surface area contributed by atoms with Gasteiger partial charge in [-0.05, 0) is 50.0 Å². The molecular formula is C23H23N3O2. The van der Waals surface area contributed by atoms with Gasteiger partial charge in [-0.15, -0.1) is 0 Å². The van der Waals surface area contributed by atoms with Crippen LogP contribution in [0.15, 0.2) is 41.5 Å². The molecule has 0 N–H and O–H groups in total. The summed E-state index contributed by atoms with van der Waals surface area (Å²) < 4.78 is 2.24. The zero-order valence-electron chi connectivity index (χ0n) is 16.1. The normalized spacial score (nSPS) is 35.3. The first kappa shape index (κ1) is 16.3. The number of allylic oxidation sites excluding steroid dienone is 2. The average Bonchev–Trinajstić information content (AvgIpc) is 3.44. The first-order valence-electron chi connectivity index (χ1n) is 10.3. The van der Waals surface area contributed by atoms with Crippen LogP contribution in [0.4, 0.5) is 0 Å². The molecule has 2 saturated carbocycles. The Bertz CT molecular complexity index is 1060. The second-order valence-electron chi connectivity index (χ2n) is 8.65. The molecule has 6 atom stereocenters. The van der Waals surface area contributed by atoms with Crippen molar-refractivity contribution in [1.82, 2.24) is 9.58 Å². The number of rotatable bonds is 3. The van der Waals surface area contributed by atoms with E-state index in [1.807, 2.05) is 12.1 Å². The van der Waals surface area contributed by atoms with E-state index in [1.54, 1.807) is 6.21 Å². The Morgan fingerprint density at radius 3 is 2.36 bits per heavy atom. The third-order valence-electron chi connectivity index (χ3n) is 7.54. The summed E-state index contributed by atoms with van der Waals surface area (Å²) in [6.07, 6.45) is 7.27. The number of benzene rings is 1. The van der Waals surface area contributed by atoms with Crippen LogP contribution < -0.4 is 0 Å². The van der Waals surface area contributed by atoms with Gasteiger partial charge in [-0.25, -0.2) is 0 Å². The molecule has 5 nitrogen and oxygen atoms in total. The topological polar surface area (TPSA) is 54.7 Å². The summed E-state index contributed by atoms with van der Waals surface area (Å²) in [6.45, 7) is 5.05. The number of para-hydroxylation sites is 1. The van der Waals surface area contributed by atoms with Gasteiger partial charge in [0.05, 0.1) is 18.1 Å². The maximum absolute atomic E-state index is 13.1. The Hall–Kier alpha value is -2.69. The Balaban J connectivity index is 1.38. The monoisotopic (exact) mass is 373 g/mol. The fourth-order valence-electron chi connectivity index (χ4n) is 6.20. The van der Waals surface area contributed by atoms with Gasteiger partial charge in [0.2, 0.25) is 0 Å². The molecule has 1 aliphatic heterocycles. The second-order valence-corrected chi connectivity index (χ2v) is 8.65. The number of amides is 2. The van der Waals surface area contributed by atoms with Crippen LogP contribution in [0.5, 0.6) is 0 Å². The molecule has 1 saturated heterocycles. The van der Waals surface area contributed by atoms with E-state index in [-0.39, 0.29) is 35.5 Å². The van der Waals surface area contributed by atoms with Crippen molar-refractivity contribution in [2.24, 2.45) is 40.6 Å². The van der Waals surface area contributed by atoms with E-state index in [1.165, 1.54) is 11.4 Å². The lowest BCUT2D eigenvalue weighted by molar-refractivity contribution is -0.140. The van der Waals surface area contributed by atoms with Crippen LogP contribution in [0.1, 0.15) is 24.6 Å². The van der Waals surface area contributed by atoms with Crippen LogP contribution in [0, 0.1) is 42.4 Å². The molecule has 1 aromatic heterocycles. The first-order valence-corrected chi connectivity index (χ1v) is 10.3. The van der Waals surface area contributed by atoms with Gasteiger partial charge in [-0.1, -0.05) is 30.4 Å². The molecule has 7 rings (SSSR count). The molecule has 5 heteroatoms. The van der Waals surface area contributed by atoms with Crippen molar-refractivity contribution in [2.75, 3.05) is 0 Å². The van der Waals surface area contributed by atoms with Crippen LogP contribution >= 0.6 is 0 Å². The lowest BCUT2D eigenvalue weighted by atomic mass is 9.63. The number of aryl methyl sites for hydroxylation is 1. The Morgan fingerprint density at radius 2 is 1.71 bits per heavy atom. The fourth-order valence-corrected chi connectivity index (χ4v) is 6.20.